The first-order chi connectivity index (χ1) is 20.9. The van der Waals surface area contributed by atoms with Crippen LogP contribution in [0.5, 0.6) is 0 Å². The normalized spacial score (nSPS) is 13.6. The minimum atomic E-state index is -1.21. The van der Waals surface area contributed by atoms with Gasteiger partial charge in [-0.25, -0.2) is 9.18 Å². The van der Waals surface area contributed by atoms with E-state index in [4.69, 9.17) is 4.74 Å². The lowest BCUT2D eigenvalue weighted by atomic mass is 9.96. The quantitative estimate of drug-likeness (QED) is 0.271. The molecule has 1 aliphatic heterocycles. The first-order valence-corrected chi connectivity index (χ1v) is 14.0. The molecule has 1 fully saturated rings. The molecule has 0 aromatic heterocycles. The average Bonchev–Trinajstić information content (AvgIpc) is 3.03. The molecule has 2 N–H and O–H groups in total. The number of hydrogen-bond donors (Lipinski definition) is 2. The van der Waals surface area contributed by atoms with Gasteiger partial charge in [0, 0.05) is 26.2 Å². The van der Waals surface area contributed by atoms with E-state index in [0.29, 0.717) is 37.3 Å². The van der Waals surface area contributed by atoms with Crippen LogP contribution in [0, 0.1) is 5.82 Å². The van der Waals surface area contributed by atoms with E-state index in [1.807, 2.05) is 36.4 Å². The summed E-state index contributed by atoms with van der Waals surface area (Å²) in [7, 11) is 0. The summed E-state index contributed by atoms with van der Waals surface area (Å²) in [6.45, 7) is 1.74. The molecule has 4 aromatic rings. The van der Waals surface area contributed by atoms with E-state index in [2.05, 4.69) is 34.5 Å². The van der Waals surface area contributed by atoms with Crippen molar-refractivity contribution < 1.29 is 28.6 Å². The number of carboxylic acid groups (broad SMARTS) is 1. The van der Waals surface area contributed by atoms with Gasteiger partial charge in [0.1, 0.15) is 19.0 Å². The Morgan fingerprint density at radius 3 is 1.93 bits per heavy atom. The predicted molar refractivity (Wildman–Crippen MR) is 161 cm³/mol. The number of halogens is 1. The molecule has 0 radical (unpaired) electrons. The van der Waals surface area contributed by atoms with Crippen molar-refractivity contribution >= 4 is 23.5 Å². The number of carbonyl (C=O) groups is 3. The van der Waals surface area contributed by atoms with Crippen LogP contribution in [0.4, 0.5) is 10.1 Å². The molecule has 43 heavy (non-hydrogen) atoms. The molecular formula is C34H32FN3O5. The molecular weight excluding hydrogens is 549 g/mol. The molecule has 0 bridgehead atoms. The molecule has 1 aliphatic rings. The minimum absolute atomic E-state index is 0.0803. The molecule has 4 aromatic carbocycles. The van der Waals surface area contributed by atoms with Crippen LogP contribution in [0.2, 0.25) is 0 Å². The smallest absolute Gasteiger partial charge is 0.337 e. The third kappa shape index (κ3) is 7.51. The Balaban J connectivity index is 1.14. The predicted octanol–water partition coefficient (Wildman–Crippen LogP) is 5.08. The summed E-state index contributed by atoms with van der Waals surface area (Å²) in [6, 6.07) is 30.9. The van der Waals surface area contributed by atoms with Crippen molar-refractivity contribution in [3.8, 4) is 11.1 Å². The Hall–Kier alpha value is -4.86. The van der Waals surface area contributed by atoms with E-state index < -0.39 is 24.3 Å². The largest absolute Gasteiger partial charge is 0.478 e. The fraction of sp³-hybridized carbons (Fsp3) is 0.206. The van der Waals surface area contributed by atoms with Gasteiger partial charge in [-0.05, 0) is 46.5 Å². The number of benzene rings is 4. The zero-order valence-corrected chi connectivity index (χ0v) is 23.5. The summed E-state index contributed by atoms with van der Waals surface area (Å²) < 4.78 is 18.7. The maximum Gasteiger partial charge on any atom is 0.337 e. The summed E-state index contributed by atoms with van der Waals surface area (Å²) in [4.78, 5) is 41.3. The van der Waals surface area contributed by atoms with E-state index in [0.717, 1.165) is 0 Å². The molecule has 2 amide bonds. The van der Waals surface area contributed by atoms with Gasteiger partial charge in [-0.3, -0.25) is 14.5 Å². The number of nitrogens with one attached hydrogen (secondary N) is 1. The Kier molecular flexibility index (Phi) is 9.56. The van der Waals surface area contributed by atoms with E-state index in [-0.39, 0.29) is 29.8 Å². The van der Waals surface area contributed by atoms with Crippen molar-refractivity contribution in [1.29, 1.82) is 0 Å². The van der Waals surface area contributed by atoms with Crippen LogP contribution in [-0.4, -0.2) is 72.1 Å². The number of ether oxygens (including phenoxy) is 1. The van der Waals surface area contributed by atoms with Crippen LogP contribution < -0.4 is 5.32 Å². The number of amides is 2. The Labute approximate surface area is 249 Å². The lowest BCUT2D eigenvalue weighted by Crippen LogP contribution is -2.50. The molecule has 220 valence electrons. The SMILES string of the molecule is O=C(COCC(=O)N1CCN(C(c2ccccc2)c2ccccc2)CC1)Nc1cc(-c2ccc(F)cc2)ccc1C(=O)O. The van der Waals surface area contributed by atoms with Gasteiger partial charge >= 0.3 is 5.97 Å². The molecule has 0 unspecified atom stereocenters. The van der Waals surface area contributed by atoms with Crippen LogP contribution in [-0.2, 0) is 14.3 Å². The highest BCUT2D eigenvalue weighted by atomic mass is 19.1. The minimum Gasteiger partial charge on any atom is -0.478 e. The third-order valence-corrected chi connectivity index (χ3v) is 7.42. The van der Waals surface area contributed by atoms with Gasteiger partial charge in [-0.1, -0.05) is 78.9 Å². The van der Waals surface area contributed by atoms with E-state index in [1.54, 1.807) is 23.1 Å². The van der Waals surface area contributed by atoms with Crippen LogP contribution in [0.3, 0.4) is 0 Å². The van der Waals surface area contributed by atoms with Gasteiger partial charge < -0.3 is 20.1 Å². The second-order valence-corrected chi connectivity index (χ2v) is 10.3. The van der Waals surface area contributed by atoms with Crippen LogP contribution in [0.25, 0.3) is 11.1 Å². The first-order valence-electron chi connectivity index (χ1n) is 14.0. The maximum atomic E-state index is 13.3. The van der Waals surface area contributed by atoms with Gasteiger partial charge in [-0.2, -0.15) is 0 Å². The number of anilines is 1. The number of rotatable bonds is 10. The monoisotopic (exact) mass is 581 g/mol. The van der Waals surface area contributed by atoms with Crippen molar-refractivity contribution in [3.05, 3.63) is 126 Å². The summed E-state index contributed by atoms with van der Waals surface area (Å²) in [5.74, 6) is -2.41. The van der Waals surface area contributed by atoms with Gasteiger partial charge in [0.05, 0.1) is 17.3 Å². The molecule has 0 aliphatic carbocycles. The number of aromatic carboxylic acids is 1. The van der Waals surface area contributed by atoms with E-state index in [1.165, 1.54) is 35.4 Å². The summed E-state index contributed by atoms with van der Waals surface area (Å²) in [5.41, 5.74) is 3.63. The van der Waals surface area contributed by atoms with Crippen LogP contribution >= 0.6 is 0 Å². The van der Waals surface area contributed by atoms with Crippen molar-refractivity contribution in [3.63, 3.8) is 0 Å². The Morgan fingerprint density at radius 2 is 1.35 bits per heavy atom. The number of hydrogen-bond acceptors (Lipinski definition) is 5. The molecule has 5 rings (SSSR count). The van der Waals surface area contributed by atoms with Crippen LogP contribution in [0.15, 0.2) is 103 Å². The van der Waals surface area contributed by atoms with E-state index in [9.17, 15) is 23.9 Å². The number of piperazine rings is 1. The Bertz CT molecular complexity index is 1520. The van der Waals surface area contributed by atoms with Crippen molar-refractivity contribution in [2.45, 2.75) is 6.04 Å². The number of carboxylic acids is 1. The summed E-state index contributed by atoms with van der Waals surface area (Å²) in [5, 5.41) is 12.1. The third-order valence-electron chi connectivity index (χ3n) is 7.42. The fourth-order valence-electron chi connectivity index (χ4n) is 5.28. The fourth-order valence-corrected chi connectivity index (χ4v) is 5.28. The highest BCUT2D eigenvalue weighted by molar-refractivity contribution is 6.02. The van der Waals surface area contributed by atoms with Gasteiger partial charge in [0.25, 0.3) is 0 Å². The van der Waals surface area contributed by atoms with Crippen molar-refractivity contribution in [1.82, 2.24) is 9.80 Å². The highest BCUT2D eigenvalue weighted by Gasteiger charge is 2.28. The topological polar surface area (TPSA) is 99.2 Å². The van der Waals surface area contributed by atoms with Gasteiger partial charge in [0.15, 0.2) is 0 Å². The second kappa shape index (κ2) is 13.9. The molecule has 8 nitrogen and oxygen atoms in total. The van der Waals surface area contributed by atoms with Gasteiger partial charge in [0.2, 0.25) is 11.8 Å². The summed E-state index contributed by atoms with van der Waals surface area (Å²) in [6.07, 6.45) is 0. The molecule has 0 atom stereocenters. The molecule has 0 saturated carbocycles. The van der Waals surface area contributed by atoms with Crippen LogP contribution in [0.1, 0.15) is 27.5 Å². The lowest BCUT2D eigenvalue weighted by molar-refractivity contribution is -0.139. The Morgan fingerprint density at radius 1 is 0.767 bits per heavy atom. The number of carbonyl (C=O) groups excluding carboxylic acids is 2. The second-order valence-electron chi connectivity index (χ2n) is 10.3. The average molecular weight is 582 g/mol. The zero-order chi connectivity index (χ0) is 30.2. The first kappa shape index (κ1) is 29.6. The standard InChI is InChI=1S/C34H32FN3O5/c35-28-14-11-24(12-15-28)27-13-16-29(34(41)42)30(21-27)36-31(39)22-43-23-32(40)37-17-19-38(20-18-37)33(25-7-3-1-4-8-25)26-9-5-2-6-10-26/h1-16,21,33H,17-20,22-23H2,(H,36,39)(H,41,42). The number of nitrogens with zero attached hydrogens (tertiary/aromatic N) is 2. The van der Waals surface area contributed by atoms with Crippen molar-refractivity contribution in [2.24, 2.45) is 0 Å². The van der Waals surface area contributed by atoms with Gasteiger partial charge in [-0.15, -0.1) is 0 Å². The molecule has 9 heteroatoms. The molecule has 1 heterocycles. The molecule has 0 spiro atoms. The molecule has 1 saturated heterocycles. The lowest BCUT2D eigenvalue weighted by Gasteiger charge is -2.39. The highest BCUT2D eigenvalue weighted by Crippen LogP contribution is 2.30. The van der Waals surface area contributed by atoms with Crippen molar-refractivity contribution in [2.75, 3.05) is 44.7 Å². The summed E-state index contributed by atoms with van der Waals surface area (Å²) >= 11 is 0. The maximum absolute atomic E-state index is 13.3. The zero-order valence-electron chi connectivity index (χ0n) is 23.5. The van der Waals surface area contributed by atoms with E-state index >= 15 is 0 Å².